The average Bonchev–Trinajstić information content (AvgIpc) is 2.85. The summed E-state index contributed by atoms with van der Waals surface area (Å²) in [5.74, 6) is -0.838. The Morgan fingerprint density at radius 2 is 1.72 bits per heavy atom. The SMILES string of the molecule is O=C(CN1C(=O)S/C(=C/c2ccccc2Cl)C1=O)c1ccc(Cl)cc1. The summed E-state index contributed by atoms with van der Waals surface area (Å²) < 4.78 is 0. The lowest BCUT2D eigenvalue weighted by atomic mass is 10.1. The van der Waals surface area contributed by atoms with Crippen molar-refractivity contribution in [3.63, 3.8) is 0 Å². The molecule has 1 saturated heterocycles. The van der Waals surface area contributed by atoms with Crippen LogP contribution in [0.2, 0.25) is 10.0 Å². The van der Waals surface area contributed by atoms with Gasteiger partial charge in [0.05, 0.1) is 11.4 Å². The van der Waals surface area contributed by atoms with Crippen molar-refractivity contribution >= 4 is 58.0 Å². The van der Waals surface area contributed by atoms with Gasteiger partial charge in [-0.1, -0.05) is 41.4 Å². The Hall–Kier alpha value is -2.08. The van der Waals surface area contributed by atoms with Crippen LogP contribution in [0.15, 0.2) is 53.4 Å². The number of halogens is 2. The molecule has 0 spiro atoms. The van der Waals surface area contributed by atoms with Crippen LogP contribution in [-0.4, -0.2) is 28.4 Å². The molecule has 1 aliphatic heterocycles. The molecule has 2 amide bonds. The molecule has 1 heterocycles. The second-order valence-electron chi connectivity index (χ2n) is 5.22. The van der Waals surface area contributed by atoms with E-state index in [1.165, 1.54) is 0 Å². The van der Waals surface area contributed by atoms with Crippen LogP contribution in [0.1, 0.15) is 15.9 Å². The van der Waals surface area contributed by atoms with Gasteiger partial charge in [0.2, 0.25) is 0 Å². The molecule has 3 rings (SSSR count). The van der Waals surface area contributed by atoms with Gasteiger partial charge in [0.25, 0.3) is 11.1 Å². The summed E-state index contributed by atoms with van der Waals surface area (Å²) in [6.45, 7) is -0.313. The fraction of sp³-hybridized carbons (Fsp3) is 0.0556. The van der Waals surface area contributed by atoms with E-state index >= 15 is 0 Å². The largest absolute Gasteiger partial charge is 0.293 e. The Balaban J connectivity index is 1.79. The molecule has 0 bridgehead atoms. The fourth-order valence-electron chi connectivity index (χ4n) is 2.24. The van der Waals surface area contributed by atoms with Gasteiger partial charge in [-0.2, -0.15) is 0 Å². The molecule has 1 aliphatic rings. The van der Waals surface area contributed by atoms with Gasteiger partial charge >= 0.3 is 0 Å². The van der Waals surface area contributed by atoms with Gasteiger partial charge in [0, 0.05) is 15.6 Å². The number of benzene rings is 2. The van der Waals surface area contributed by atoms with Crippen LogP contribution in [0.3, 0.4) is 0 Å². The van der Waals surface area contributed by atoms with Gasteiger partial charge < -0.3 is 0 Å². The molecule has 4 nitrogen and oxygen atoms in total. The number of thioether (sulfide) groups is 1. The first-order valence-electron chi connectivity index (χ1n) is 7.24. The lowest BCUT2D eigenvalue weighted by Crippen LogP contribution is -2.33. The molecular weight excluding hydrogens is 381 g/mol. The normalized spacial score (nSPS) is 15.9. The predicted molar refractivity (Wildman–Crippen MR) is 99.9 cm³/mol. The standard InChI is InChI=1S/C18H11Cl2NO3S/c19-13-7-5-11(6-8-13)15(22)10-21-17(23)16(25-18(21)24)9-12-3-1-2-4-14(12)20/h1-9H,10H2/b16-9+. The topological polar surface area (TPSA) is 54.5 Å². The van der Waals surface area contributed by atoms with E-state index in [1.807, 2.05) is 0 Å². The lowest BCUT2D eigenvalue weighted by molar-refractivity contribution is -0.122. The van der Waals surface area contributed by atoms with Gasteiger partial charge in [-0.05, 0) is 53.7 Å². The summed E-state index contributed by atoms with van der Waals surface area (Å²) in [4.78, 5) is 38.0. The number of hydrogen-bond donors (Lipinski definition) is 0. The van der Waals surface area contributed by atoms with Crippen molar-refractivity contribution < 1.29 is 14.4 Å². The number of carbonyl (C=O) groups is 3. The Kier molecular flexibility index (Phi) is 5.27. The highest BCUT2D eigenvalue weighted by molar-refractivity contribution is 8.18. The molecule has 0 aliphatic carbocycles. The maximum absolute atomic E-state index is 12.5. The van der Waals surface area contributed by atoms with Crippen LogP contribution < -0.4 is 0 Å². The number of Topliss-reactive ketones (excluding diaryl/α,β-unsaturated/α-hetero) is 1. The molecule has 0 aromatic heterocycles. The van der Waals surface area contributed by atoms with Crippen LogP contribution in [0.4, 0.5) is 4.79 Å². The van der Waals surface area contributed by atoms with Gasteiger partial charge in [-0.3, -0.25) is 19.3 Å². The minimum atomic E-state index is -0.503. The van der Waals surface area contributed by atoms with E-state index in [-0.39, 0.29) is 17.2 Å². The highest BCUT2D eigenvalue weighted by atomic mass is 35.5. The second kappa shape index (κ2) is 7.44. The molecule has 0 radical (unpaired) electrons. The summed E-state index contributed by atoms with van der Waals surface area (Å²) in [6.07, 6.45) is 1.56. The summed E-state index contributed by atoms with van der Waals surface area (Å²) in [5, 5.41) is 0.502. The minimum Gasteiger partial charge on any atom is -0.292 e. The van der Waals surface area contributed by atoms with Crippen LogP contribution in [-0.2, 0) is 4.79 Å². The van der Waals surface area contributed by atoms with Gasteiger partial charge in [0.15, 0.2) is 5.78 Å². The van der Waals surface area contributed by atoms with E-state index in [0.717, 1.165) is 16.7 Å². The predicted octanol–water partition coefficient (Wildman–Crippen LogP) is 4.91. The first-order chi connectivity index (χ1) is 12.0. The Labute approximate surface area is 158 Å². The summed E-state index contributed by atoms with van der Waals surface area (Å²) >= 11 is 12.7. The minimum absolute atomic E-state index is 0.238. The highest BCUT2D eigenvalue weighted by Crippen LogP contribution is 2.33. The average molecular weight is 392 g/mol. The smallest absolute Gasteiger partial charge is 0.292 e. The molecule has 126 valence electrons. The van der Waals surface area contributed by atoms with E-state index < -0.39 is 11.1 Å². The van der Waals surface area contributed by atoms with Crippen LogP contribution >= 0.6 is 35.0 Å². The summed E-state index contributed by atoms with van der Waals surface area (Å²) in [6, 6.07) is 13.3. The fourth-order valence-corrected chi connectivity index (χ4v) is 3.39. The molecule has 0 N–H and O–H groups in total. The Morgan fingerprint density at radius 1 is 1.04 bits per heavy atom. The third-order valence-corrected chi connectivity index (χ3v) is 5.04. The zero-order valence-corrected chi connectivity index (χ0v) is 15.1. The van der Waals surface area contributed by atoms with E-state index in [4.69, 9.17) is 23.2 Å². The van der Waals surface area contributed by atoms with Gasteiger partial charge in [-0.15, -0.1) is 0 Å². The van der Waals surface area contributed by atoms with Crippen LogP contribution in [0, 0.1) is 0 Å². The Morgan fingerprint density at radius 3 is 2.40 bits per heavy atom. The van der Waals surface area contributed by atoms with Gasteiger partial charge in [0.1, 0.15) is 0 Å². The quantitative estimate of drug-likeness (QED) is 0.548. The number of nitrogens with zero attached hydrogens (tertiary/aromatic N) is 1. The van der Waals surface area contributed by atoms with Crippen molar-refractivity contribution in [3.05, 3.63) is 74.6 Å². The van der Waals surface area contributed by atoms with E-state index in [0.29, 0.717) is 21.2 Å². The maximum Gasteiger partial charge on any atom is 0.293 e. The Bertz CT molecular complexity index is 893. The number of amides is 2. The zero-order chi connectivity index (χ0) is 18.0. The molecule has 7 heteroatoms. The van der Waals surface area contributed by atoms with Crippen LogP contribution in [0.5, 0.6) is 0 Å². The van der Waals surface area contributed by atoms with Crippen molar-refractivity contribution in [2.75, 3.05) is 6.54 Å². The number of ketones is 1. The summed E-state index contributed by atoms with van der Waals surface area (Å²) in [7, 11) is 0. The zero-order valence-electron chi connectivity index (χ0n) is 12.7. The van der Waals surface area contributed by atoms with Crippen LogP contribution in [0.25, 0.3) is 6.08 Å². The molecular formula is C18H11Cl2NO3S. The number of rotatable bonds is 4. The first kappa shape index (κ1) is 17.7. The number of carbonyl (C=O) groups excluding carboxylic acids is 3. The molecule has 0 atom stereocenters. The summed E-state index contributed by atoms with van der Waals surface area (Å²) in [5.41, 5.74) is 1.03. The van der Waals surface area contributed by atoms with Crippen molar-refractivity contribution in [1.82, 2.24) is 4.90 Å². The highest BCUT2D eigenvalue weighted by Gasteiger charge is 2.36. The number of hydrogen-bond acceptors (Lipinski definition) is 4. The molecule has 1 fully saturated rings. The molecule has 25 heavy (non-hydrogen) atoms. The van der Waals surface area contributed by atoms with Crippen molar-refractivity contribution in [3.8, 4) is 0 Å². The molecule has 2 aromatic rings. The molecule has 2 aromatic carbocycles. The van der Waals surface area contributed by atoms with E-state index in [2.05, 4.69) is 0 Å². The van der Waals surface area contributed by atoms with Crippen molar-refractivity contribution in [2.45, 2.75) is 0 Å². The second-order valence-corrected chi connectivity index (χ2v) is 7.06. The van der Waals surface area contributed by atoms with Crippen molar-refractivity contribution in [1.29, 1.82) is 0 Å². The van der Waals surface area contributed by atoms with E-state index in [1.54, 1.807) is 54.6 Å². The lowest BCUT2D eigenvalue weighted by Gasteiger charge is -2.11. The third-order valence-electron chi connectivity index (χ3n) is 3.53. The maximum atomic E-state index is 12.5. The van der Waals surface area contributed by atoms with E-state index in [9.17, 15) is 14.4 Å². The third kappa shape index (κ3) is 3.95. The number of imide groups is 1. The monoisotopic (exact) mass is 391 g/mol. The first-order valence-corrected chi connectivity index (χ1v) is 8.81. The molecule has 0 saturated carbocycles. The molecule has 0 unspecified atom stereocenters. The van der Waals surface area contributed by atoms with Crippen molar-refractivity contribution in [2.24, 2.45) is 0 Å². The van der Waals surface area contributed by atoms with Gasteiger partial charge in [-0.25, -0.2) is 0 Å².